The van der Waals surface area contributed by atoms with Gasteiger partial charge in [-0.25, -0.2) is 13.1 Å². The van der Waals surface area contributed by atoms with E-state index in [0.717, 1.165) is 18.4 Å². The Bertz CT molecular complexity index is 577. The fourth-order valence-corrected chi connectivity index (χ4v) is 3.57. The first-order valence-corrected chi connectivity index (χ1v) is 7.31. The van der Waals surface area contributed by atoms with Crippen LogP contribution in [0, 0.1) is 13.8 Å². The molecule has 3 N–H and O–H groups in total. The van der Waals surface area contributed by atoms with Crippen molar-refractivity contribution in [3.8, 4) is 5.75 Å². The largest absolute Gasteiger partial charge is 0.494 e. The summed E-state index contributed by atoms with van der Waals surface area (Å²) < 4.78 is 32.2. The number of nitrogens with two attached hydrogens (primary N) is 1. The zero-order valence-electron chi connectivity index (χ0n) is 10.8. The number of nitrogens with one attached hydrogen (secondary N) is 1. The van der Waals surface area contributed by atoms with E-state index in [1.807, 2.05) is 0 Å². The van der Waals surface area contributed by atoms with Gasteiger partial charge < -0.3 is 10.5 Å². The standard InChI is InChI=1S/C12H18N2O3S/c1-7-6-10(8(2)11(13)12(7)17-3)18(15,16)14-9-4-5-9/h6,9,14H,4-5,13H2,1-3H3. The van der Waals surface area contributed by atoms with Crippen LogP contribution in [-0.2, 0) is 10.0 Å². The molecule has 0 radical (unpaired) electrons. The minimum absolute atomic E-state index is 0.0815. The Balaban J connectivity index is 2.51. The molecule has 0 saturated heterocycles. The maximum atomic E-state index is 12.2. The Morgan fingerprint density at radius 2 is 2.00 bits per heavy atom. The summed E-state index contributed by atoms with van der Waals surface area (Å²) in [6.07, 6.45) is 1.81. The van der Waals surface area contributed by atoms with Crippen LogP contribution >= 0.6 is 0 Å². The van der Waals surface area contributed by atoms with Crippen molar-refractivity contribution in [3.63, 3.8) is 0 Å². The highest BCUT2D eigenvalue weighted by Crippen LogP contribution is 2.34. The van der Waals surface area contributed by atoms with Crippen LogP contribution in [0.5, 0.6) is 5.75 Å². The number of rotatable bonds is 4. The molecule has 100 valence electrons. The molecule has 0 bridgehead atoms. The third-order valence-corrected chi connectivity index (χ3v) is 4.76. The molecule has 0 spiro atoms. The fourth-order valence-electron chi connectivity index (χ4n) is 1.92. The van der Waals surface area contributed by atoms with Crippen LogP contribution in [-0.4, -0.2) is 21.6 Å². The van der Waals surface area contributed by atoms with E-state index in [9.17, 15) is 8.42 Å². The summed E-state index contributed by atoms with van der Waals surface area (Å²) in [5.74, 6) is 0.540. The summed E-state index contributed by atoms with van der Waals surface area (Å²) in [7, 11) is -1.96. The van der Waals surface area contributed by atoms with E-state index in [-0.39, 0.29) is 10.9 Å². The fraction of sp³-hybridized carbons (Fsp3) is 0.500. The van der Waals surface area contributed by atoms with Gasteiger partial charge >= 0.3 is 0 Å². The van der Waals surface area contributed by atoms with Gasteiger partial charge in [0.1, 0.15) is 5.75 Å². The predicted octanol–water partition coefficient (Wildman–Crippen LogP) is 1.33. The Morgan fingerprint density at radius 3 is 2.50 bits per heavy atom. The molecule has 0 atom stereocenters. The summed E-state index contributed by atoms with van der Waals surface area (Å²) in [5, 5.41) is 0. The van der Waals surface area contributed by atoms with Gasteiger partial charge in [0, 0.05) is 6.04 Å². The first-order chi connectivity index (χ1) is 8.36. The highest BCUT2D eigenvalue weighted by atomic mass is 32.2. The highest BCUT2D eigenvalue weighted by molar-refractivity contribution is 7.89. The number of ether oxygens (including phenoxy) is 1. The molecule has 1 fully saturated rings. The first-order valence-electron chi connectivity index (χ1n) is 5.83. The number of hydrogen-bond acceptors (Lipinski definition) is 4. The molecular formula is C12H18N2O3S. The Labute approximate surface area is 107 Å². The van der Waals surface area contributed by atoms with Crippen molar-refractivity contribution in [2.75, 3.05) is 12.8 Å². The zero-order valence-corrected chi connectivity index (χ0v) is 11.6. The molecule has 0 heterocycles. The van der Waals surface area contributed by atoms with E-state index in [1.54, 1.807) is 19.9 Å². The van der Waals surface area contributed by atoms with E-state index < -0.39 is 10.0 Å². The second-order valence-corrected chi connectivity index (χ2v) is 6.34. The Hall–Kier alpha value is -1.27. The number of benzene rings is 1. The monoisotopic (exact) mass is 270 g/mol. The van der Waals surface area contributed by atoms with Crippen LogP contribution < -0.4 is 15.2 Å². The predicted molar refractivity (Wildman–Crippen MR) is 70.2 cm³/mol. The Morgan fingerprint density at radius 1 is 1.39 bits per heavy atom. The van der Waals surface area contributed by atoms with Crippen molar-refractivity contribution in [1.29, 1.82) is 0 Å². The highest BCUT2D eigenvalue weighted by Gasteiger charge is 2.30. The normalized spacial score (nSPS) is 15.7. The number of methoxy groups -OCH3 is 1. The van der Waals surface area contributed by atoms with Crippen LogP contribution in [0.3, 0.4) is 0 Å². The summed E-state index contributed by atoms with van der Waals surface area (Å²) >= 11 is 0. The van der Waals surface area contributed by atoms with Gasteiger partial charge in [0.15, 0.2) is 0 Å². The second-order valence-electron chi connectivity index (χ2n) is 4.66. The van der Waals surface area contributed by atoms with Crippen LogP contribution in [0.15, 0.2) is 11.0 Å². The molecule has 1 aliphatic carbocycles. The maximum Gasteiger partial charge on any atom is 0.241 e. The van der Waals surface area contributed by atoms with Crippen molar-refractivity contribution in [2.45, 2.75) is 37.6 Å². The lowest BCUT2D eigenvalue weighted by Crippen LogP contribution is -2.26. The summed E-state index contributed by atoms with van der Waals surface area (Å²) in [5.41, 5.74) is 7.56. The molecule has 0 unspecified atom stereocenters. The van der Waals surface area contributed by atoms with E-state index in [4.69, 9.17) is 10.5 Å². The molecule has 1 aromatic carbocycles. The molecule has 1 saturated carbocycles. The molecule has 1 aliphatic rings. The number of nitrogen functional groups attached to an aromatic ring is 1. The van der Waals surface area contributed by atoms with E-state index in [2.05, 4.69) is 4.72 Å². The van der Waals surface area contributed by atoms with E-state index in [0.29, 0.717) is 17.0 Å². The van der Waals surface area contributed by atoms with Crippen molar-refractivity contribution >= 4 is 15.7 Å². The minimum atomic E-state index is -3.48. The summed E-state index contributed by atoms with van der Waals surface area (Å²) in [4.78, 5) is 0.241. The lowest BCUT2D eigenvalue weighted by atomic mass is 10.1. The average molecular weight is 270 g/mol. The quantitative estimate of drug-likeness (QED) is 0.809. The maximum absolute atomic E-state index is 12.2. The lowest BCUT2D eigenvalue weighted by Gasteiger charge is -2.15. The SMILES string of the molecule is COc1c(C)cc(S(=O)(=O)NC2CC2)c(C)c1N. The molecule has 0 aromatic heterocycles. The van der Waals surface area contributed by atoms with Crippen LogP contribution in [0.25, 0.3) is 0 Å². The third kappa shape index (κ3) is 2.30. The molecule has 0 amide bonds. The van der Waals surface area contributed by atoms with Gasteiger partial charge in [0.25, 0.3) is 0 Å². The zero-order chi connectivity index (χ0) is 13.5. The van der Waals surface area contributed by atoms with Crippen molar-refractivity contribution < 1.29 is 13.2 Å². The topological polar surface area (TPSA) is 81.4 Å². The molecular weight excluding hydrogens is 252 g/mol. The van der Waals surface area contributed by atoms with Gasteiger partial charge in [-0.3, -0.25) is 0 Å². The van der Waals surface area contributed by atoms with E-state index >= 15 is 0 Å². The number of sulfonamides is 1. The minimum Gasteiger partial charge on any atom is -0.494 e. The van der Waals surface area contributed by atoms with Crippen molar-refractivity contribution in [3.05, 3.63) is 17.2 Å². The van der Waals surface area contributed by atoms with Gasteiger partial charge in [-0.2, -0.15) is 0 Å². The van der Waals surface area contributed by atoms with Gasteiger partial charge in [-0.15, -0.1) is 0 Å². The number of anilines is 1. The number of aryl methyl sites for hydroxylation is 1. The molecule has 1 aromatic rings. The smallest absolute Gasteiger partial charge is 0.241 e. The summed E-state index contributed by atoms with van der Waals surface area (Å²) in [6.45, 7) is 3.48. The molecule has 18 heavy (non-hydrogen) atoms. The Kier molecular flexibility index (Phi) is 3.25. The lowest BCUT2D eigenvalue weighted by molar-refractivity contribution is 0.413. The van der Waals surface area contributed by atoms with E-state index in [1.165, 1.54) is 7.11 Å². The van der Waals surface area contributed by atoms with Gasteiger partial charge in [-0.1, -0.05) is 0 Å². The molecule has 0 aliphatic heterocycles. The van der Waals surface area contributed by atoms with Gasteiger partial charge in [0.05, 0.1) is 17.7 Å². The third-order valence-electron chi connectivity index (χ3n) is 3.12. The average Bonchev–Trinajstić information content (AvgIpc) is 3.07. The second kappa shape index (κ2) is 4.44. The van der Waals surface area contributed by atoms with Gasteiger partial charge in [-0.05, 0) is 43.9 Å². The van der Waals surface area contributed by atoms with Crippen LogP contribution in [0.4, 0.5) is 5.69 Å². The number of hydrogen-bond donors (Lipinski definition) is 2. The summed E-state index contributed by atoms with van der Waals surface area (Å²) in [6, 6.07) is 1.69. The molecule has 6 heteroatoms. The van der Waals surface area contributed by atoms with Crippen LogP contribution in [0.2, 0.25) is 0 Å². The van der Waals surface area contributed by atoms with Crippen molar-refractivity contribution in [1.82, 2.24) is 4.72 Å². The van der Waals surface area contributed by atoms with Gasteiger partial charge in [0.2, 0.25) is 10.0 Å². The molecule has 2 rings (SSSR count). The van der Waals surface area contributed by atoms with Crippen molar-refractivity contribution in [2.24, 2.45) is 0 Å². The first kappa shape index (κ1) is 13.2. The van der Waals surface area contributed by atoms with Crippen LogP contribution in [0.1, 0.15) is 24.0 Å². The molecule has 5 nitrogen and oxygen atoms in total.